The van der Waals surface area contributed by atoms with E-state index in [-0.39, 0.29) is 11.7 Å². The Morgan fingerprint density at radius 3 is 2.58 bits per heavy atom. The van der Waals surface area contributed by atoms with Crippen molar-refractivity contribution in [2.24, 2.45) is 0 Å². The van der Waals surface area contributed by atoms with Gasteiger partial charge in [-0.25, -0.2) is 4.39 Å². The van der Waals surface area contributed by atoms with Crippen molar-refractivity contribution in [2.75, 3.05) is 45.2 Å². The van der Waals surface area contributed by atoms with Crippen molar-refractivity contribution in [2.45, 2.75) is 31.3 Å². The topological polar surface area (TPSA) is 52.9 Å². The van der Waals surface area contributed by atoms with Gasteiger partial charge in [0.25, 0.3) is 5.69 Å². The Morgan fingerprint density at radius 2 is 1.96 bits per heavy atom. The van der Waals surface area contributed by atoms with Crippen molar-refractivity contribution < 1.29 is 9.31 Å². The lowest BCUT2D eigenvalue weighted by Crippen LogP contribution is -2.44. The first-order chi connectivity index (χ1) is 11.5. The van der Waals surface area contributed by atoms with E-state index in [2.05, 4.69) is 16.8 Å². The number of halogens is 1. The third-order valence-corrected chi connectivity index (χ3v) is 5.47. The number of rotatable bonds is 4. The summed E-state index contributed by atoms with van der Waals surface area (Å²) in [5, 5.41) is 10.7. The molecule has 0 radical (unpaired) electrons. The van der Waals surface area contributed by atoms with Crippen LogP contribution in [-0.4, -0.2) is 67.1 Å². The third-order valence-electron chi connectivity index (χ3n) is 5.47. The fourth-order valence-electron chi connectivity index (χ4n) is 3.87. The Morgan fingerprint density at radius 1 is 1.25 bits per heavy atom. The molecule has 1 aromatic rings. The number of hydrogen-bond donors (Lipinski definition) is 0. The normalized spacial score (nSPS) is 23.5. The maximum atomic E-state index is 14.2. The van der Waals surface area contributed by atoms with E-state index in [1.807, 2.05) is 11.9 Å². The van der Waals surface area contributed by atoms with Crippen molar-refractivity contribution >= 4 is 11.4 Å². The van der Waals surface area contributed by atoms with E-state index in [0.717, 1.165) is 38.7 Å². The van der Waals surface area contributed by atoms with Gasteiger partial charge in [0.2, 0.25) is 0 Å². The molecule has 0 unspecified atom stereocenters. The molecule has 0 aliphatic carbocycles. The van der Waals surface area contributed by atoms with E-state index in [1.165, 1.54) is 25.0 Å². The molecular formula is C17H25FN4O2. The predicted octanol–water partition coefficient (Wildman–Crippen LogP) is 2.34. The molecule has 3 rings (SSSR count). The third kappa shape index (κ3) is 3.52. The SMILES string of the molecule is CN1CCC(N2CC[C@H](N(C)c3ccc([N+](=O)[O-])cc3F)C2)CC1. The highest BCUT2D eigenvalue weighted by Crippen LogP contribution is 2.29. The molecule has 0 saturated carbocycles. The lowest BCUT2D eigenvalue weighted by Gasteiger charge is -2.35. The summed E-state index contributed by atoms with van der Waals surface area (Å²) in [4.78, 5) is 17.0. The average molecular weight is 336 g/mol. The zero-order valence-corrected chi connectivity index (χ0v) is 14.3. The van der Waals surface area contributed by atoms with Gasteiger partial charge in [0.1, 0.15) is 0 Å². The monoisotopic (exact) mass is 336 g/mol. The fraction of sp³-hybridized carbons (Fsp3) is 0.647. The molecule has 1 aromatic carbocycles. The van der Waals surface area contributed by atoms with E-state index in [0.29, 0.717) is 11.7 Å². The van der Waals surface area contributed by atoms with Crippen LogP contribution in [0.1, 0.15) is 19.3 Å². The zero-order valence-electron chi connectivity index (χ0n) is 14.3. The minimum absolute atomic E-state index is 0.205. The molecule has 7 heteroatoms. The molecule has 2 saturated heterocycles. The van der Waals surface area contributed by atoms with E-state index in [1.54, 1.807) is 0 Å². The molecule has 2 fully saturated rings. The minimum Gasteiger partial charge on any atom is -0.368 e. The van der Waals surface area contributed by atoms with Crippen LogP contribution in [0.5, 0.6) is 0 Å². The van der Waals surface area contributed by atoms with Crippen LogP contribution in [0.25, 0.3) is 0 Å². The van der Waals surface area contributed by atoms with Gasteiger partial charge in [0.05, 0.1) is 16.7 Å². The summed E-state index contributed by atoms with van der Waals surface area (Å²) in [7, 11) is 4.04. The zero-order chi connectivity index (χ0) is 17.3. The largest absolute Gasteiger partial charge is 0.368 e. The van der Waals surface area contributed by atoms with Crippen molar-refractivity contribution in [3.8, 4) is 0 Å². The average Bonchev–Trinajstić information content (AvgIpc) is 3.04. The first kappa shape index (κ1) is 17.1. The molecule has 2 aliphatic rings. The standard InChI is InChI=1S/C17H25FN4O2/c1-19-8-5-13(6-9-19)21-10-7-15(12-21)20(2)17-4-3-14(22(23)24)11-16(17)18/h3-4,11,13,15H,5-10,12H2,1-2H3/t15-/m0/s1. The first-order valence-corrected chi connectivity index (χ1v) is 8.55. The van der Waals surface area contributed by atoms with Crippen LogP contribution in [0.4, 0.5) is 15.8 Å². The summed E-state index contributed by atoms with van der Waals surface area (Å²) in [6.07, 6.45) is 3.39. The Hall–Kier alpha value is -1.73. The van der Waals surface area contributed by atoms with Crippen LogP contribution in [0.3, 0.4) is 0 Å². The van der Waals surface area contributed by atoms with Crippen molar-refractivity contribution in [1.82, 2.24) is 9.80 Å². The smallest absolute Gasteiger partial charge is 0.272 e. The van der Waals surface area contributed by atoms with E-state index < -0.39 is 10.7 Å². The van der Waals surface area contributed by atoms with Crippen molar-refractivity contribution in [1.29, 1.82) is 0 Å². The van der Waals surface area contributed by atoms with E-state index in [9.17, 15) is 14.5 Å². The number of anilines is 1. The van der Waals surface area contributed by atoms with Crippen LogP contribution < -0.4 is 4.90 Å². The first-order valence-electron chi connectivity index (χ1n) is 8.55. The Labute approximate surface area is 142 Å². The quantitative estimate of drug-likeness (QED) is 0.624. The van der Waals surface area contributed by atoms with E-state index in [4.69, 9.17) is 0 Å². The number of benzene rings is 1. The molecule has 0 N–H and O–H groups in total. The van der Waals surface area contributed by atoms with Gasteiger partial charge in [0.15, 0.2) is 5.82 Å². The molecule has 132 valence electrons. The van der Waals surface area contributed by atoms with Gasteiger partial charge in [-0.05, 0) is 45.5 Å². The number of hydrogen-bond acceptors (Lipinski definition) is 5. The molecule has 0 aromatic heterocycles. The number of nitro benzene ring substituents is 1. The van der Waals surface area contributed by atoms with Gasteiger partial charge in [-0.15, -0.1) is 0 Å². The second-order valence-corrected chi connectivity index (χ2v) is 6.98. The highest BCUT2D eigenvalue weighted by Gasteiger charge is 2.32. The summed E-state index contributed by atoms with van der Waals surface area (Å²) in [5.41, 5.74) is 0.236. The number of likely N-dealkylation sites (tertiary alicyclic amines) is 2. The molecule has 24 heavy (non-hydrogen) atoms. The summed E-state index contributed by atoms with van der Waals surface area (Å²) in [5.74, 6) is -0.524. The lowest BCUT2D eigenvalue weighted by molar-refractivity contribution is -0.385. The molecular weight excluding hydrogens is 311 g/mol. The predicted molar refractivity (Wildman–Crippen MR) is 92.0 cm³/mol. The van der Waals surface area contributed by atoms with Gasteiger partial charge in [-0.2, -0.15) is 0 Å². The highest BCUT2D eigenvalue weighted by molar-refractivity contribution is 5.52. The van der Waals surface area contributed by atoms with Gasteiger partial charge in [-0.1, -0.05) is 0 Å². The van der Waals surface area contributed by atoms with Crippen molar-refractivity contribution in [3.63, 3.8) is 0 Å². The summed E-state index contributed by atoms with van der Waals surface area (Å²) < 4.78 is 14.2. The molecule has 2 heterocycles. The van der Waals surface area contributed by atoms with Gasteiger partial charge in [0, 0.05) is 38.3 Å². The van der Waals surface area contributed by atoms with Crippen LogP contribution in [0, 0.1) is 15.9 Å². The van der Waals surface area contributed by atoms with E-state index >= 15 is 0 Å². The number of piperidine rings is 1. The fourth-order valence-corrected chi connectivity index (χ4v) is 3.87. The maximum Gasteiger partial charge on any atom is 0.272 e. The number of nitrogens with zero attached hydrogens (tertiary/aromatic N) is 4. The summed E-state index contributed by atoms with van der Waals surface area (Å²) in [6, 6.07) is 4.78. The van der Waals surface area contributed by atoms with Gasteiger partial charge in [-0.3, -0.25) is 15.0 Å². The van der Waals surface area contributed by atoms with Crippen molar-refractivity contribution in [3.05, 3.63) is 34.1 Å². The Kier molecular flexibility index (Phi) is 5.01. The summed E-state index contributed by atoms with van der Waals surface area (Å²) in [6.45, 7) is 4.25. The molecule has 2 aliphatic heterocycles. The minimum atomic E-state index is -0.565. The molecule has 6 nitrogen and oxygen atoms in total. The van der Waals surface area contributed by atoms with Crippen LogP contribution in [0.15, 0.2) is 18.2 Å². The Bertz CT molecular complexity index is 604. The molecule has 0 amide bonds. The van der Waals surface area contributed by atoms with Crippen LogP contribution >= 0.6 is 0 Å². The van der Waals surface area contributed by atoms with Crippen LogP contribution in [0.2, 0.25) is 0 Å². The molecule has 0 spiro atoms. The van der Waals surface area contributed by atoms with Gasteiger partial charge < -0.3 is 9.80 Å². The number of non-ortho nitro benzene ring substituents is 1. The highest BCUT2D eigenvalue weighted by atomic mass is 19.1. The van der Waals surface area contributed by atoms with Crippen LogP contribution in [-0.2, 0) is 0 Å². The number of nitro groups is 1. The summed E-state index contributed by atoms with van der Waals surface area (Å²) >= 11 is 0. The number of likely N-dealkylation sites (N-methyl/N-ethyl adjacent to an activating group) is 1. The maximum absolute atomic E-state index is 14.2. The molecule has 1 atom stereocenters. The lowest BCUT2D eigenvalue weighted by atomic mass is 10.0. The second kappa shape index (κ2) is 7.03. The van der Waals surface area contributed by atoms with Gasteiger partial charge >= 0.3 is 0 Å². The molecule has 0 bridgehead atoms. The Balaban J connectivity index is 1.64. The second-order valence-electron chi connectivity index (χ2n) is 6.98.